The van der Waals surface area contributed by atoms with E-state index in [-0.39, 0.29) is 11.6 Å². The van der Waals surface area contributed by atoms with Crippen LogP contribution in [0.1, 0.15) is 13.3 Å². The van der Waals surface area contributed by atoms with Crippen molar-refractivity contribution in [2.45, 2.75) is 13.3 Å². The second-order valence-electron chi connectivity index (χ2n) is 5.18. The highest BCUT2D eigenvalue weighted by Gasteiger charge is 2.41. The molecule has 1 atom stereocenters. The number of hydrogen-bond acceptors (Lipinski definition) is 4. The fourth-order valence-electron chi connectivity index (χ4n) is 2.59. The van der Waals surface area contributed by atoms with E-state index >= 15 is 0 Å². The van der Waals surface area contributed by atoms with Crippen molar-refractivity contribution in [1.29, 1.82) is 0 Å². The Morgan fingerprint density at radius 1 is 1.55 bits per heavy atom. The molecule has 108 valence electrons. The van der Waals surface area contributed by atoms with Gasteiger partial charge in [-0.05, 0) is 25.5 Å². The molecule has 0 spiro atoms. The van der Waals surface area contributed by atoms with Crippen molar-refractivity contribution in [1.82, 2.24) is 5.32 Å². The topological polar surface area (TPSA) is 75.5 Å². The summed E-state index contributed by atoms with van der Waals surface area (Å²) in [4.78, 5) is 23.8. The van der Waals surface area contributed by atoms with Crippen LogP contribution < -0.4 is 10.2 Å². The van der Waals surface area contributed by atoms with Crippen molar-refractivity contribution in [3.8, 4) is 0 Å². The average molecular weight is 281 g/mol. The van der Waals surface area contributed by atoms with Gasteiger partial charge in [0.2, 0.25) is 11.7 Å². The van der Waals surface area contributed by atoms with E-state index in [1.54, 1.807) is 18.9 Å². The first-order chi connectivity index (χ1) is 9.39. The second-order valence-corrected chi connectivity index (χ2v) is 5.18. The van der Waals surface area contributed by atoms with Crippen LogP contribution in [0, 0.1) is 21.3 Å². The van der Waals surface area contributed by atoms with E-state index in [0.29, 0.717) is 19.5 Å². The molecule has 1 N–H and O–H groups in total. The number of nitro groups is 1. The van der Waals surface area contributed by atoms with Crippen molar-refractivity contribution in [3.63, 3.8) is 0 Å². The Hall–Kier alpha value is -2.18. The standard InChI is InChI=1S/C13H16FN3O3/c1-13(12(18)15-2)6-7-16(8-13)10-5-3-4-9(14)11(10)17(19)20/h3-5H,6-8H2,1-2H3,(H,15,18). The van der Waals surface area contributed by atoms with Crippen LogP contribution in [-0.2, 0) is 4.79 Å². The van der Waals surface area contributed by atoms with Crippen LogP contribution in [0.15, 0.2) is 18.2 Å². The molecule has 1 aliphatic rings. The highest BCUT2D eigenvalue weighted by Crippen LogP contribution is 2.38. The summed E-state index contributed by atoms with van der Waals surface area (Å²) in [5.74, 6) is -0.972. The molecule has 7 heteroatoms. The van der Waals surface area contributed by atoms with Gasteiger partial charge in [-0.15, -0.1) is 0 Å². The lowest BCUT2D eigenvalue weighted by molar-refractivity contribution is -0.386. The molecule has 0 aromatic heterocycles. The summed E-state index contributed by atoms with van der Waals surface area (Å²) >= 11 is 0. The maximum absolute atomic E-state index is 13.6. The number of anilines is 1. The van der Waals surface area contributed by atoms with Gasteiger partial charge in [0.15, 0.2) is 0 Å². The summed E-state index contributed by atoms with van der Waals surface area (Å²) < 4.78 is 13.6. The lowest BCUT2D eigenvalue weighted by Gasteiger charge is -2.23. The van der Waals surface area contributed by atoms with Crippen LogP contribution in [0.25, 0.3) is 0 Å². The van der Waals surface area contributed by atoms with Crippen LogP contribution in [-0.4, -0.2) is 31.0 Å². The van der Waals surface area contributed by atoms with E-state index < -0.39 is 21.8 Å². The number of nitrogens with zero attached hydrogens (tertiary/aromatic N) is 2. The minimum absolute atomic E-state index is 0.112. The molecule has 6 nitrogen and oxygen atoms in total. The molecule has 1 aromatic rings. The SMILES string of the molecule is CNC(=O)C1(C)CCN(c2cccc(F)c2[N+](=O)[O-])C1. The lowest BCUT2D eigenvalue weighted by atomic mass is 9.89. The van der Waals surface area contributed by atoms with Gasteiger partial charge in [-0.3, -0.25) is 14.9 Å². The summed E-state index contributed by atoms with van der Waals surface area (Å²) in [6, 6.07) is 4.01. The van der Waals surface area contributed by atoms with Gasteiger partial charge < -0.3 is 10.2 Å². The van der Waals surface area contributed by atoms with Crippen molar-refractivity contribution in [3.05, 3.63) is 34.1 Å². The van der Waals surface area contributed by atoms with Crippen molar-refractivity contribution >= 4 is 17.3 Å². The Kier molecular flexibility index (Phi) is 3.61. The molecule has 1 saturated heterocycles. The molecule has 20 heavy (non-hydrogen) atoms. The zero-order chi connectivity index (χ0) is 14.9. The van der Waals surface area contributed by atoms with E-state index in [2.05, 4.69) is 5.32 Å². The zero-order valence-corrected chi connectivity index (χ0v) is 11.4. The van der Waals surface area contributed by atoms with Crippen LogP contribution >= 0.6 is 0 Å². The summed E-state index contributed by atoms with van der Waals surface area (Å²) in [7, 11) is 1.56. The molecule has 1 aromatic carbocycles. The molecule has 0 saturated carbocycles. The Balaban J connectivity index is 2.34. The van der Waals surface area contributed by atoms with E-state index in [0.717, 1.165) is 6.07 Å². The third-order valence-electron chi connectivity index (χ3n) is 3.74. The number of benzene rings is 1. The number of rotatable bonds is 3. The normalized spacial score (nSPS) is 21.9. The molecule has 0 bridgehead atoms. The van der Waals surface area contributed by atoms with Gasteiger partial charge in [0.05, 0.1) is 10.3 Å². The van der Waals surface area contributed by atoms with Gasteiger partial charge in [-0.25, -0.2) is 0 Å². The predicted octanol–water partition coefficient (Wildman–Crippen LogP) is 1.70. The number of para-hydroxylation sites is 1. The molecule has 2 rings (SSSR count). The maximum atomic E-state index is 13.6. The Morgan fingerprint density at radius 2 is 2.25 bits per heavy atom. The van der Waals surface area contributed by atoms with Gasteiger partial charge in [0, 0.05) is 20.1 Å². The lowest BCUT2D eigenvalue weighted by Crippen LogP contribution is -2.39. The fraction of sp³-hybridized carbons (Fsp3) is 0.462. The number of hydrogen-bond donors (Lipinski definition) is 1. The first-order valence-corrected chi connectivity index (χ1v) is 6.29. The first kappa shape index (κ1) is 14.2. The molecule has 1 heterocycles. The van der Waals surface area contributed by atoms with Crippen LogP contribution in [0.3, 0.4) is 0 Å². The Morgan fingerprint density at radius 3 is 2.85 bits per heavy atom. The van der Waals surface area contributed by atoms with Gasteiger partial charge in [-0.2, -0.15) is 4.39 Å². The minimum atomic E-state index is -0.860. The van der Waals surface area contributed by atoms with Crippen molar-refractivity contribution in [2.24, 2.45) is 5.41 Å². The molecule has 0 radical (unpaired) electrons. The van der Waals surface area contributed by atoms with E-state index in [1.807, 2.05) is 0 Å². The summed E-state index contributed by atoms with van der Waals surface area (Å²) in [5, 5.41) is 13.6. The monoisotopic (exact) mass is 281 g/mol. The number of halogens is 1. The number of nitro benzene ring substituents is 1. The fourth-order valence-corrected chi connectivity index (χ4v) is 2.59. The van der Waals surface area contributed by atoms with Crippen LogP contribution in [0.4, 0.5) is 15.8 Å². The zero-order valence-electron chi connectivity index (χ0n) is 11.4. The number of carbonyl (C=O) groups is 1. The highest BCUT2D eigenvalue weighted by molar-refractivity contribution is 5.84. The quantitative estimate of drug-likeness (QED) is 0.676. The molecule has 1 fully saturated rings. The number of nitrogens with one attached hydrogen (secondary N) is 1. The molecule has 1 unspecified atom stereocenters. The largest absolute Gasteiger partial charge is 0.365 e. The molecular weight excluding hydrogens is 265 g/mol. The van der Waals surface area contributed by atoms with Crippen molar-refractivity contribution < 1.29 is 14.1 Å². The summed E-state index contributed by atoms with van der Waals surface area (Å²) in [6.07, 6.45) is 0.570. The van der Waals surface area contributed by atoms with Crippen molar-refractivity contribution in [2.75, 3.05) is 25.0 Å². The molecule has 1 amide bonds. The van der Waals surface area contributed by atoms with Gasteiger partial charge in [-0.1, -0.05) is 6.07 Å². The average Bonchev–Trinajstić information content (AvgIpc) is 2.81. The predicted molar refractivity (Wildman–Crippen MR) is 72.1 cm³/mol. The Labute approximate surface area is 115 Å². The van der Waals surface area contributed by atoms with E-state index in [9.17, 15) is 19.3 Å². The third kappa shape index (κ3) is 2.31. The smallest absolute Gasteiger partial charge is 0.327 e. The summed E-state index contributed by atoms with van der Waals surface area (Å²) in [5.41, 5.74) is -0.925. The van der Waals surface area contributed by atoms with Crippen LogP contribution in [0.2, 0.25) is 0 Å². The Bertz CT molecular complexity index is 564. The van der Waals surface area contributed by atoms with E-state index in [4.69, 9.17) is 0 Å². The van der Waals surface area contributed by atoms with Crippen LogP contribution in [0.5, 0.6) is 0 Å². The summed E-state index contributed by atoms with van der Waals surface area (Å²) in [6.45, 7) is 2.61. The van der Waals surface area contributed by atoms with E-state index in [1.165, 1.54) is 12.1 Å². The van der Waals surface area contributed by atoms with Gasteiger partial charge in [0.25, 0.3) is 0 Å². The first-order valence-electron chi connectivity index (χ1n) is 6.29. The maximum Gasteiger partial charge on any atom is 0.327 e. The number of amides is 1. The van der Waals surface area contributed by atoms with Gasteiger partial charge >= 0.3 is 5.69 Å². The highest BCUT2D eigenvalue weighted by atomic mass is 19.1. The number of carbonyl (C=O) groups excluding carboxylic acids is 1. The molecule has 1 aliphatic heterocycles. The molecule has 0 aliphatic carbocycles. The minimum Gasteiger partial charge on any atom is -0.365 e. The van der Waals surface area contributed by atoms with Gasteiger partial charge in [0.1, 0.15) is 5.69 Å². The third-order valence-corrected chi connectivity index (χ3v) is 3.74. The second kappa shape index (κ2) is 5.07. The molecular formula is C13H16FN3O3.